The fourth-order valence-electron chi connectivity index (χ4n) is 5.17. The Morgan fingerprint density at radius 1 is 0.857 bits per heavy atom. The minimum Gasteiger partial charge on any atom is -0.355 e. The lowest BCUT2D eigenvalue weighted by Gasteiger charge is -2.38. The van der Waals surface area contributed by atoms with Crippen LogP contribution in [0.4, 0.5) is 0 Å². The van der Waals surface area contributed by atoms with E-state index >= 15 is 0 Å². The number of likely N-dealkylation sites (tertiary alicyclic amines) is 1. The molecule has 1 N–H and O–H groups in total. The summed E-state index contributed by atoms with van der Waals surface area (Å²) in [6.45, 7) is 11.7. The number of hydrogen-bond donors (Lipinski definition) is 1. The zero-order valence-corrected chi connectivity index (χ0v) is 18.0. The summed E-state index contributed by atoms with van der Waals surface area (Å²) >= 11 is 0. The molecule has 3 fully saturated rings. The van der Waals surface area contributed by atoms with Gasteiger partial charge in [0, 0.05) is 45.8 Å². The molecule has 0 aromatic rings. The molecule has 1 aliphatic carbocycles. The third-order valence-electron chi connectivity index (χ3n) is 6.73. The van der Waals surface area contributed by atoms with Gasteiger partial charge in [0.05, 0.1) is 13.1 Å². The van der Waals surface area contributed by atoms with Crippen molar-refractivity contribution in [1.82, 2.24) is 20.0 Å². The van der Waals surface area contributed by atoms with Gasteiger partial charge in [0.2, 0.25) is 11.8 Å². The normalized spacial score (nSPS) is 28.3. The highest BCUT2D eigenvalue weighted by molar-refractivity contribution is 5.78. The number of carbonyl (C=O) groups excluding carboxylic acids is 2. The van der Waals surface area contributed by atoms with Gasteiger partial charge in [-0.2, -0.15) is 0 Å². The van der Waals surface area contributed by atoms with E-state index < -0.39 is 0 Å². The molecule has 1 saturated carbocycles. The van der Waals surface area contributed by atoms with Gasteiger partial charge in [-0.1, -0.05) is 33.1 Å². The van der Waals surface area contributed by atoms with E-state index in [9.17, 15) is 9.59 Å². The van der Waals surface area contributed by atoms with Gasteiger partial charge in [0.15, 0.2) is 0 Å². The van der Waals surface area contributed by atoms with E-state index in [0.29, 0.717) is 30.8 Å². The summed E-state index contributed by atoms with van der Waals surface area (Å²) in [7, 11) is 0. The fourth-order valence-corrected chi connectivity index (χ4v) is 5.17. The molecule has 3 aliphatic rings. The standard InChI is InChI=1S/C22H40N4O2/c1-18-12-19(2)15-26(14-18)22(28)17-25-10-8-24(9-11-25)16-21(27)23-13-20-6-4-3-5-7-20/h18-20H,3-17H2,1-2H3,(H,23,27). The minimum atomic E-state index is 0.159. The average Bonchev–Trinajstić information content (AvgIpc) is 2.68. The molecule has 0 aromatic heterocycles. The van der Waals surface area contributed by atoms with E-state index in [-0.39, 0.29) is 11.8 Å². The van der Waals surface area contributed by atoms with E-state index in [1.807, 2.05) is 0 Å². The fraction of sp³-hybridized carbons (Fsp3) is 0.909. The minimum absolute atomic E-state index is 0.159. The Bertz CT molecular complexity index is 503. The zero-order valence-electron chi connectivity index (χ0n) is 18.0. The van der Waals surface area contributed by atoms with Crippen LogP contribution in [-0.4, -0.2) is 85.4 Å². The second kappa shape index (κ2) is 10.6. The second-order valence-electron chi connectivity index (χ2n) is 9.61. The maximum Gasteiger partial charge on any atom is 0.236 e. The van der Waals surface area contributed by atoms with Crippen LogP contribution in [0.5, 0.6) is 0 Å². The average molecular weight is 393 g/mol. The van der Waals surface area contributed by atoms with Crippen molar-refractivity contribution < 1.29 is 9.59 Å². The monoisotopic (exact) mass is 392 g/mol. The molecule has 160 valence electrons. The van der Waals surface area contributed by atoms with Crippen molar-refractivity contribution in [2.45, 2.75) is 52.4 Å². The van der Waals surface area contributed by atoms with Gasteiger partial charge in [-0.05, 0) is 37.0 Å². The van der Waals surface area contributed by atoms with Crippen molar-refractivity contribution in [2.75, 3.05) is 58.9 Å². The SMILES string of the molecule is CC1CC(C)CN(C(=O)CN2CCN(CC(=O)NCC3CCCCC3)CC2)C1. The number of nitrogens with zero attached hydrogens (tertiary/aromatic N) is 3. The van der Waals surface area contributed by atoms with Gasteiger partial charge in [-0.15, -0.1) is 0 Å². The molecule has 2 aliphatic heterocycles. The lowest BCUT2D eigenvalue weighted by molar-refractivity contribution is -0.135. The predicted molar refractivity (Wildman–Crippen MR) is 112 cm³/mol. The van der Waals surface area contributed by atoms with Gasteiger partial charge in [-0.3, -0.25) is 19.4 Å². The van der Waals surface area contributed by atoms with Crippen LogP contribution < -0.4 is 5.32 Å². The van der Waals surface area contributed by atoms with Crippen LogP contribution in [0.15, 0.2) is 0 Å². The summed E-state index contributed by atoms with van der Waals surface area (Å²) in [6.07, 6.45) is 7.74. The summed E-state index contributed by atoms with van der Waals surface area (Å²) < 4.78 is 0. The Morgan fingerprint density at radius 3 is 2.04 bits per heavy atom. The van der Waals surface area contributed by atoms with Crippen LogP contribution in [0, 0.1) is 17.8 Å². The van der Waals surface area contributed by atoms with Gasteiger partial charge in [0.1, 0.15) is 0 Å². The topological polar surface area (TPSA) is 55.9 Å². The third kappa shape index (κ3) is 6.73. The van der Waals surface area contributed by atoms with Crippen LogP contribution in [0.1, 0.15) is 52.4 Å². The third-order valence-corrected chi connectivity index (χ3v) is 6.73. The van der Waals surface area contributed by atoms with Crippen LogP contribution in [0.25, 0.3) is 0 Å². The molecule has 2 unspecified atom stereocenters. The largest absolute Gasteiger partial charge is 0.355 e. The van der Waals surface area contributed by atoms with Crippen molar-refractivity contribution in [2.24, 2.45) is 17.8 Å². The maximum absolute atomic E-state index is 12.7. The van der Waals surface area contributed by atoms with Crippen LogP contribution >= 0.6 is 0 Å². The van der Waals surface area contributed by atoms with E-state index in [1.165, 1.54) is 38.5 Å². The molecule has 6 heteroatoms. The van der Waals surface area contributed by atoms with Gasteiger partial charge < -0.3 is 10.2 Å². The highest BCUT2D eigenvalue weighted by Crippen LogP contribution is 2.23. The molecule has 2 heterocycles. The Hall–Kier alpha value is -1.14. The molecule has 3 rings (SSSR count). The molecule has 0 spiro atoms. The van der Waals surface area contributed by atoms with Crippen LogP contribution in [-0.2, 0) is 9.59 Å². The number of piperidine rings is 1. The van der Waals surface area contributed by atoms with Crippen molar-refractivity contribution in [3.05, 3.63) is 0 Å². The van der Waals surface area contributed by atoms with Gasteiger partial charge >= 0.3 is 0 Å². The molecule has 0 aromatic carbocycles. The first-order valence-corrected chi connectivity index (χ1v) is 11.5. The van der Waals surface area contributed by atoms with E-state index in [0.717, 1.165) is 45.8 Å². The number of rotatable bonds is 6. The first-order chi connectivity index (χ1) is 13.5. The molecule has 2 atom stereocenters. The summed E-state index contributed by atoms with van der Waals surface area (Å²) in [5.74, 6) is 2.33. The molecular formula is C22H40N4O2. The summed E-state index contributed by atoms with van der Waals surface area (Å²) in [4.78, 5) is 31.4. The number of carbonyl (C=O) groups is 2. The quantitative estimate of drug-likeness (QED) is 0.749. The summed E-state index contributed by atoms with van der Waals surface area (Å²) in [6, 6.07) is 0. The Morgan fingerprint density at radius 2 is 1.43 bits per heavy atom. The molecule has 6 nitrogen and oxygen atoms in total. The molecule has 0 radical (unpaired) electrons. The molecule has 28 heavy (non-hydrogen) atoms. The second-order valence-corrected chi connectivity index (χ2v) is 9.61. The van der Waals surface area contributed by atoms with Crippen LogP contribution in [0.3, 0.4) is 0 Å². The van der Waals surface area contributed by atoms with Crippen LogP contribution in [0.2, 0.25) is 0 Å². The molecular weight excluding hydrogens is 352 g/mol. The number of piperazine rings is 1. The Labute approximate surface area is 171 Å². The van der Waals surface area contributed by atoms with Crippen molar-refractivity contribution in [3.63, 3.8) is 0 Å². The maximum atomic E-state index is 12.7. The Kier molecular flexibility index (Phi) is 8.15. The highest BCUT2D eigenvalue weighted by Gasteiger charge is 2.27. The highest BCUT2D eigenvalue weighted by atomic mass is 16.2. The molecule has 2 amide bonds. The van der Waals surface area contributed by atoms with E-state index in [1.54, 1.807) is 0 Å². The molecule has 0 bridgehead atoms. The smallest absolute Gasteiger partial charge is 0.236 e. The first-order valence-electron chi connectivity index (χ1n) is 11.5. The number of hydrogen-bond acceptors (Lipinski definition) is 4. The van der Waals surface area contributed by atoms with E-state index in [4.69, 9.17) is 0 Å². The molecule has 2 saturated heterocycles. The van der Waals surface area contributed by atoms with Crippen molar-refractivity contribution in [1.29, 1.82) is 0 Å². The first kappa shape index (κ1) is 21.6. The Balaban J connectivity index is 1.31. The van der Waals surface area contributed by atoms with E-state index in [2.05, 4.69) is 33.9 Å². The van der Waals surface area contributed by atoms with Crippen molar-refractivity contribution in [3.8, 4) is 0 Å². The number of amides is 2. The summed E-state index contributed by atoms with van der Waals surface area (Å²) in [5.41, 5.74) is 0. The van der Waals surface area contributed by atoms with Crippen molar-refractivity contribution >= 4 is 11.8 Å². The van der Waals surface area contributed by atoms with Gasteiger partial charge in [0.25, 0.3) is 0 Å². The predicted octanol–water partition coefficient (Wildman–Crippen LogP) is 1.81. The number of nitrogens with one attached hydrogen (secondary N) is 1. The zero-order chi connectivity index (χ0) is 19.9. The summed E-state index contributed by atoms with van der Waals surface area (Å²) in [5, 5.41) is 3.14. The lowest BCUT2D eigenvalue weighted by atomic mass is 9.89. The lowest BCUT2D eigenvalue weighted by Crippen LogP contribution is -2.53. The van der Waals surface area contributed by atoms with Gasteiger partial charge in [-0.25, -0.2) is 0 Å².